The predicted octanol–water partition coefficient (Wildman–Crippen LogP) is 4.33. The lowest BCUT2D eigenvalue weighted by molar-refractivity contribution is 0.474. The topological polar surface area (TPSA) is 32.3 Å². The Balaban J connectivity index is 2.10. The van der Waals surface area contributed by atoms with Crippen molar-refractivity contribution in [2.45, 2.75) is 19.9 Å². The minimum absolute atomic E-state index is 0.306. The van der Waals surface area contributed by atoms with Crippen molar-refractivity contribution in [3.8, 4) is 5.75 Å². The molecule has 2 aromatic rings. The summed E-state index contributed by atoms with van der Waals surface area (Å²) in [6.45, 7) is 2.85. The van der Waals surface area contributed by atoms with Crippen molar-refractivity contribution in [1.29, 1.82) is 0 Å². The van der Waals surface area contributed by atoms with Crippen LogP contribution >= 0.6 is 15.9 Å². The summed E-state index contributed by atoms with van der Waals surface area (Å²) in [5.74, 6) is 0.306. The maximum Gasteiger partial charge on any atom is 0.115 e. The number of aryl methyl sites for hydroxylation is 1. The molecule has 2 N–H and O–H groups in total. The second-order valence-corrected chi connectivity index (χ2v) is 5.09. The zero-order chi connectivity index (χ0) is 13.0. The van der Waals surface area contributed by atoms with E-state index in [0.717, 1.165) is 22.1 Å². The van der Waals surface area contributed by atoms with Crippen molar-refractivity contribution in [2.75, 3.05) is 5.32 Å². The quantitative estimate of drug-likeness (QED) is 0.881. The second-order valence-electron chi connectivity index (χ2n) is 4.18. The van der Waals surface area contributed by atoms with Crippen LogP contribution in [-0.2, 0) is 13.0 Å². The molecule has 0 aromatic heterocycles. The van der Waals surface area contributed by atoms with Crippen LogP contribution in [-0.4, -0.2) is 5.11 Å². The van der Waals surface area contributed by atoms with E-state index in [4.69, 9.17) is 0 Å². The number of halogens is 1. The van der Waals surface area contributed by atoms with Crippen LogP contribution in [0.25, 0.3) is 0 Å². The van der Waals surface area contributed by atoms with Crippen molar-refractivity contribution in [2.24, 2.45) is 0 Å². The highest BCUT2D eigenvalue weighted by molar-refractivity contribution is 9.10. The van der Waals surface area contributed by atoms with Gasteiger partial charge in [-0.05, 0) is 47.9 Å². The van der Waals surface area contributed by atoms with E-state index in [1.165, 1.54) is 5.56 Å². The number of phenols is 1. The van der Waals surface area contributed by atoms with E-state index in [2.05, 4.69) is 40.3 Å². The summed E-state index contributed by atoms with van der Waals surface area (Å²) in [5.41, 5.74) is 3.49. The minimum atomic E-state index is 0.306. The van der Waals surface area contributed by atoms with Crippen LogP contribution in [0.15, 0.2) is 46.9 Å². The van der Waals surface area contributed by atoms with Gasteiger partial charge in [-0.25, -0.2) is 0 Å². The molecule has 0 aliphatic carbocycles. The molecule has 0 aliphatic heterocycles. The van der Waals surface area contributed by atoms with Gasteiger partial charge in [-0.3, -0.25) is 0 Å². The van der Waals surface area contributed by atoms with Gasteiger partial charge < -0.3 is 10.4 Å². The summed E-state index contributed by atoms with van der Waals surface area (Å²) in [6.07, 6.45) is 0.988. The van der Waals surface area contributed by atoms with Gasteiger partial charge in [0.1, 0.15) is 5.75 Å². The highest BCUT2D eigenvalue weighted by atomic mass is 79.9. The first-order chi connectivity index (χ1) is 8.69. The van der Waals surface area contributed by atoms with Crippen LogP contribution < -0.4 is 5.32 Å². The van der Waals surface area contributed by atoms with Gasteiger partial charge in [0.2, 0.25) is 0 Å². The van der Waals surface area contributed by atoms with Crippen molar-refractivity contribution < 1.29 is 5.11 Å². The van der Waals surface area contributed by atoms with Crippen molar-refractivity contribution in [3.63, 3.8) is 0 Å². The zero-order valence-electron chi connectivity index (χ0n) is 10.3. The van der Waals surface area contributed by atoms with Crippen LogP contribution in [0.1, 0.15) is 18.1 Å². The first kappa shape index (κ1) is 13.0. The van der Waals surface area contributed by atoms with Crippen LogP contribution in [0.3, 0.4) is 0 Å². The summed E-state index contributed by atoms with van der Waals surface area (Å²) in [6, 6.07) is 13.5. The van der Waals surface area contributed by atoms with E-state index in [9.17, 15) is 5.11 Å². The van der Waals surface area contributed by atoms with Gasteiger partial charge in [-0.2, -0.15) is 0 Å². The van der Waals surface area contributed by atoms with Crippen molar-refractivity contribution in [1.82, 2.24) is 0 Å². The molecule has 2 nitrogen and oxygen atoms in total. The van der Waals surface area contributed by atoms with Crippen LogP contribution in [0.2, 0.25) is 0 Å². The third-order valence-electron chi connectivity index (χ3n) is 2.84. The molecule has 18 heavy (non-hydrogen) atoms. The Bertz CT molecular complexity index is 540. The van der Waals surface area contributed by atoms with Gasteiger partial charge >= 0.3 is 0 Å². The van der Waals surface area contributed by atoms with Gasteiger partial charge in [0, 0.05) is 16.7 Å². The summed E-state index contributed by atoms with van der Waals surface area (Å²) in [4.78, 5) is 0. The molecule has 0 atom stereocenters. The molecule has 0 aliphatic rings. The van der Waals surface area contributed by atoms with Crippen LogP contribution in [0, 0.1) is 0 Å². The molecule has 94 valence electrons. The lowest BCUT2D eigenvalue weighted by Crippen LogP contribution is -2.02. The average Bonchev–Trinajstić information content (AvgIpc) is 2.37. The number of aromatic hydroxyl groups is 1. The number of hydrogen-bond acceptors (Lipinski definition) is 2. The minimum Gasteiger partial charge on any atom is -0.508 e. The van der Waals surface area contributed by atoms with Gasteiger partial charge in [-0.1, -0.05) is 35.0 Å². The van der Waals surface area contributed by atoms with Crippen LogP contribution in [0.5, 0.6) is 5.75 Å². The van der Waals surface area contributed by atoms with Crippen molar-refractivity contribution >= 4 is 21.6 Å². The molecule has 0 heterocycles. The fraction of sp³-hybridized carbons (Fsp3) is 0.200. The largest absolute Gasteiger partial charge is 0.508 e. The third-order valence-corrected chi connectivity index (χ3v) is 3.33. The smallest absolute Gasteiger partial charge is 0.115 e. The van der Waals surface area contributed by atoms with E-state index in [-0.39, 0.29) is 0 Å². The molecule has 0 saturated heterocycles. The lowest BCUT2D eigenvalue weighted by Gasteiger charge is -2.11. The number of benzene rings is 2. The Morgan fingerprint density at radius 2 is 2.00 bits per heavy atom. The predicted molar refractivity (Wildman–Crippen MR) is 79.0 cm³/mol. The molecule has 0 fully saturated rings. The fourth-order valence-electron chi connectivity index (χ4n) is 1.89. The van der Waals surface area contributed by atoms with E-state index in [1.807, 2.05) is 18.2 Å². The normalized spacial score (nSPS) is 10.3. The van der Waals surface area contributed by atoms with Gasteiger partial charge in [0.05, 0.1) is 0 Å². The SMILES string of the molecule is CCc1cc(Br)ccc1NCc1cccc(O)c1. The molecular weight excluding hydrogens is 290 g/mol. The maximum atomic E-state index is 9.41. The molecule has 2 aromatic carbocycles. The first-order valence-corrected chi connectivity index (χ1v) is 6.78. The monoisotopic (exact) mass is 305 g/mol. The zero-order valence-corrected chi connectivity index (χ0v) is 11.9. The third kappa shape index (κ3) is 3.26. The van der Waals surface area contributed by atoms with Gasteiger partial charge in [0.25, 0.3) is 0 Å². The molecule has 3 heteroatoms. The van der Waals surface area contributed by atoms with Crippen molar-refractivity contribution in [3.05, 3.63) is 58.1 Å². The molecule has 0 unspecified atom stereocenters. The number of rotatable bonds is 4. The Kier molecular flexibility index (Phi) is 4.26. The fourth-order valence-corrected chi connectivity index (χ4v) is 2.30. The van der Waals surface area contributed by atoms with E-state index >= 15 is 0 Å². The van der Waals surface area contributed by atoms with E-state index < -0.39 is 0 Å². The molecule has 0 radical (unpaired) electrons. The number of phenolic OH excluding ortho intramolecular Hbond substituents is 1. The molecule has 2 rings (SSSR count). The molecule has 0 amide bonds. The highest BCUT2D eigenvalue weighted by Gasteiger charge is 2.01. The summed E-state index contributed by atoms with van der Waals surface area (Å²) in [5, 5.41) is 12.8. The number of nitrogens with one attached hydrogen (secondary N) is 1. The Morgan fingerprint density at radius 1 is 1.17 bits per heavy atom. The van der Waals surface area contributed by atoms with Crippen LogP contribution in [0.4, 0.5) is 5.69 Å². The summed E-state index contributed by atoms with van der Waals surface area (Å²) >= 11 is 3.48. The summed E-state index contributed by atoms with van der Waals surface area (Å²) in [7, 11) is 0. The standard InChI is InChI=1S/C15H16BrNO/c1-2-12-9-13(16)6-7-15(12)17-10-11-4-3-5-14(18)8-11/h3-9,17-18H,2,10H2,1H3. The number of anilines is 1. The Labute approximate surface area is 116 Å². The second kappa shape index (κ2) is 5.91. The van der Waals surface area contributed by atoms with E-state index in [1.54, 1.807) is 12.1 Å². The summed E-state index contributed by atoms with van der Waals surface area (Å²) < 4.78 is 1.10. The Hall–Kier alpha value is -1.48. The molecular formula is C15H16BrNO. The van der Waals surface area contributed by atoms with E-state index in [0.29, 0.717) is 12.3 Å². The molecule has 0 spiro atoms. The Morgan fingerprint density at radius 3 is 2.72 bits per heavy atom. The number of hydrogen-bond donors (Lipinski definition) is 2. The molecule has 0 bridgehead atoms. The molecule has 0 saturated carbocycles. The maximum absolute atomic E-state index is 9.41. The lowest BCUT2D eigenvalue weighted by atomic mass is 10.1. The van der Waals surface area contributed by atoms with Gasteiger partial charge in [-0.15, -0.1) is 0 Å². The highest BCUT2D eigenvalue weighted by Crippen LogP contribution is 2.22. The average molecular weight is 306 g/mol. The first-order valence-electron chi connectivity index (χ1n) is 5.99. The van der Waals surface area contributed by atoms with Gasteiger partial charge in [0.15, 0.2) is 0 Å².